The number of nitrogens with two attached hydrogens (primary N) is 1. The zero-order chi connectivity index (χ0) is 14.6. The van der Waals surface area contributed by atoms with Crippen molar-refractivity contribution >= 4 is 27.0 Å². The van der Waals surface area contributed by atoms with Crippen LogP contribution in [0.15, 0.2) is 36.4 Å². The normalized spacial score (nSPS) is 11.7. The van der Waals surface area contributed by atoms with E-state index in [2.05, 4.69) is 11.6 Å². The maximum Gasteiger partial charge on any atom is 0.216 e. The highest BCUT2D eigenvalue weighted by Crippen LogP contribution is 2.17. The van der Waals surface area contributed by atoms with Crippen LogP contribution in [-0.4, -0.2) is 8.42 Å². The highest BCUT2D eigenvalue weighted by atomic mass is 32.2. The summed E-state index contributed by atoms with van der Waals surface area (Å²) in [4.78, 5) is 2.29. The Balaban J connectivity index is 1.95. The van der Waals surface area contributed by atoms with Crippen LogP contribution in [0.25, 0.3) is 0 Å². The molecular weight excluding hydrogens is 292 g/mol. The maximum absolute atomic E-state index is 12.0. The molecule has 0 saturated heterocycles. The largest absolute Gasteiger partial charge is 0.399 e. The Bertz CT molecular complexity index is 661. The number of benzene rings is 1. The molecule has 2 rings (SSSR count). The fourth-order valence-corrected chi connectivity index (χ4v) is 3.87. The third-order valence-corrected chi connectivity index (χ3v) is 5.40. The van der Waals surface area contributed by atoms with Gasteiger partial charge in [-0.3, -0.25) is 0 Å². The number of rotatable bonds is 6. The van der Waals surface area contributed by atoms with E-state index in [1.54, 1.807) is 35.6 Å². The average molecular weight is 310 g/mol. The van der Waals surface area contributed by atoms with Gasteiger partial charge in [0.1, 0.15) is 0 Å². The van der Waals surface area contributed by atoms with Gasteiger partial charge in [0, 0.05) is 22.0 Å². The minimum Gasteiger partial charge on any atom is -0.399 e. The van der Waals surface area contributed by atoms with Gasteiger partial charge in [0.2, 0.25) is 10.0 Å². The molecule has 4 nitrogen and oxygen atoms in total. The van der Waals surface area contributed by atoms with Crippen LogP contribution in [0, 0.1) is 0 Å². The molecule has 20 heavy (non-hydrogen) atoms. The van der Waals surface area contributed by atoms with Crippen molar-refractivity contribution in [1.82, 2.24) is 4.72 Å². The predicted molar refractivity (Wildman–Crippen MR) is 84.0 cm³/mol. The third-order valence-electron chi connectivity index (χ3n) is 2.87. The van der Waals surface area contributed by atoms with Gasteiger partial charge in [-0.25, -0.2) is 13.1 Å². The smallest absolute Gasteiger partial charge is 0.216 e. The average Bonchev–Trinajstić information content (AvgIpc) is 2.87. The molecule has 0 aliphatic heterocycles. The molecule has 3 N–H and O–H groups in total. The summed E-state index contributed by atoms with van der Waals surface area (Å²) in [6, 6.07) is 10.9. The summed E-state index contributed by atoms with van der Waals surface area (Å²) in [5.41, 5.74) is 6.94. The monoisotopic (exact) mass is 310 g/mol. The molecule has 2 aromatic rings. The minimum atomic E-state index is -3.33. The number of hydrogen-bond donors (Lipinski definition) is 2. The van der Waals surface area contributed by atoms with E-state index < -0.39 is 10.0 Å². The van der Waals surface area contributed by atoms with Gasteiger partial charge in [0.15, 0.2) is 0 Å². The Morgan fingerprint density at radius 2 is 1.75 bits per heavy atom. The van der Waals surface area contributed by atoms with Crippen molar-refractivity contribution in [2.24, 2.45) is 0 Å². The molecule has 6 heteroatoms. The van der Waals surface area contributed by atoms with E-state index in [1.807, 2.05) is 12.1 Å². The first-order chi connectivity index (χ1) is 9.48. The standard InChI is InChI=1S/C14H18N2O2S2/c1-2-13-7-8-14(19-13)9-16-20(17,18)10-11-3-5-12(15)6-4-11/h3-8,16H,2,9-10,15H2,1H3. The second-order valence-electron chi connectivity index (χ2n) is 4.54. The lowest BCUT2D eigenvalue weighted by Gasteiger charge is -2.06. The Hall–Kier alpha value is -1.37. The summed E-state index contributed by atoms with van der Waals surface area (Å²) >= 11 is 1.64. The van der Waals surface area contributed by atoms with Crippen molar-refractivity contribution in [3.63, 3.8) is 0 Å². The summed E-state index contributed by atoms with van der Waals surface area (Å²) in [6.07, 6.45) is 0.975. The van der Waals surface area contributed by atoms with E-state index in [4.69, 9.17) is 5.73 Å². The van der Waals surface area contributed by atoms with E-state index in [-0.39, 0.29) is 5.75 Å². The lowest BCUT2D eigenvalue weighted by atomic mass is 10.2. The van der Waals surface area contributed by atoms with Crippen LogP contribution in [0.5, 0.6) is 0 Å². The van der Waals surface area contributed by atoms with Crippen molar-refractivity contribution < 1.29 is 8.42 Å². The molecule has 0 amide bonds. The second-order valence-corrected chi connectivity index (χ2v) is 7.60. The van der Waals surface area contributed by atoms with Gasteiger partial charge >= 0.3 is 0 Å². The van der Waals surface area contributed by atoms with E-state index in [0.29, 0.717) is 12.2 Å². The summed E-state index contributed by atoms with van der Waals surface area (Å²) < 4.78 is 26.6. The van der Waals surface area contributed by atoms with Gasteiger partial charge in [0.25, 0.3) is 0 Å². The molecule has 0 aliphatic carbocycles. The predicted octanol–water partition coefficient (Wildman–Crippen LogP) is 2.51. The Kier molecular flexibility index (Phi) is 4.80. The Morgan fingerprint density at radius 3 is 2.35 bits per heavy atom. The van der Waals surface area contributed by atoms with Crippen LogP contribution in [-0.2, 0) is 28.7 Å². The molecule has 1 aromatic carbocycles. The molecule has 0 fully saturated rings. The van der Waals surface area contributed by atoms with Crippen LogP contribution in [0.2, 0.25) is 0 Å². The topological polar surface area (TPSA) is 72.2 Å². The fourth-order valence-electron chi connectivity index (χ4n) is 1.77. The Labute approximate surface area is 123 Å². The molecule has 0 saturated carbocycles. The van der Waals surface area contributed by atoms with Crippen LogP contribution >= 0.6 is 11.3 Å². The lowest BCUT2D eigenvalue weighted by Crippen LogP contribution is -2.24. The number of nitrogen functional groups attached to an aromatic ring is 1. The molecule has 0 spiro atoms. The lowest BCUT2D eigenvalue weighted by molar-refractivity contribution is 0.581. The highest BCUT2D eigenvalue weighted by molar-refractivity contribution is 7.88. The molecular formula is C14H18N2O2S2. The molecule has 108 valence electrons. The van der Waals surface area contributed by atoms with Crippen LogP contribution in [0.3, 0.4) is 0 Å². The number of nitrogens with one attached hydrogen (secondary N) is 1. The van der Waals surface area contributed by atoms with Gasteiger partial charge in [-0.15, -0.1) is 11.3 Å². The molecule has 0 aliphatic rings. The first kappa shape index (κ1) is 15.0. The van der Waals surface area contributed by atoms with E-state index in [9.17, 15) is 8.42 Å². The van der Waals surface area contributed by atoms with E-state index in [0.717, 1.165) is 16.9 Å². The first-order valence-corrected chi connectivity index (χ1v) is 8.85. The van der Waals surface area contributed by atoms with Gasteiger partial charge in [-0.05, 0) is 36.2 Å². The second kappa shape index (κ2) is 6.39. The molecule has 1 heterocycles. The number of thiophene rings is 1. The molecule has 0 atom stereocenters. The summed E-state index contributed by atoms with van der Waals surface area (Å²) in [5, 5.41) is 0. The van der Waals surface area contributed by atoms with E-state index in [1.165, 1.54) is 4.88 Å². The highest BCUT2D eigenvalue weighted by Gasteiger charge is 2.11. The van der Waals surface area contributed by atoms with Crippen molar-refractivity contribution in [2.45, 2.75) is 25.6 Å². The minimum absolute atomic E-state index is 0.0285. The first-order valence-electron chi connectivity index (χ1n) is 6.38. The third kappa shape index (κ3) is 4.33. The summed E-state index contributed by atoms with van der Waals surface area (Å²) in [7, 11) is -3.33. The zero-order valence-corrected chi connectivity index (χ0v) is 12.9. The van der Waals surface area contributed by atoms with Gasteiger partial charge in [-0.1, -0.05) is 19.1 Å². The molecule has 1 aromatic heterocycles. The number of sulfonamides is 1. The van der Waals surface area contributed by atoms with Crippen LogP contribution < -0.4 is 10.5 Å². The molecule has 0 radical (unpaired) electrons. The van der Waals surface area contributed by atoms with Gasteiger partial charge < -0.3 is 5.73 Å². The summed E-state index contributed by atoms with van der Waals surface area (Å²) in [6.45, 7) is 2.43. The van der Waals surface area contributed by atoms with Crippen LogP contribution in [0.4, 0.5) is 5.69 Å². The number of anilines is 1. The number of aryl methyl sites for hydroxylation is 1. The van der Waals surface area contributed by atoms with Crippen molar-refractivity contribution in [3.05, 3.63) is 51.7 Å². The maximum atomic E-state index is 12.0. The SMILES string of the molecule is CCc1ccc(CNS(=O)(=O)Cc2ccc(N)cc2)s1. The quantitative estimate of drug-likeness (QED) is 0.805. The fraction of sp³-hybridized carbons (Fsp3) is 0.286. The Morgan fingerprint density at radius 1 is 1.10 bits per heavy atom. The van der Waals surface area contributed by atoms with Crippen LogP contribution in [0.1, 0.15) is 22.2 Å². The van der Waals surface area contributed by atoms with Crippen molar-refractivity contribution in [1.29, 1.82) is 0 Å². The molecule has 0 unspecified atom stereocenters. The van der Waals surface area contributed by atoms with Crippen molar-refractivity contribution in [2.75, 3.05) is 5.73 Å². The number of hydrogen-bond acceptors (Lipinski definition) is 4. The summed E-state index contributed by atoms with van der Waals surface area (Å²) in [5.74, 6) is -0.0285. The van der Waals surface area contributed by atoms with Gasteiger partial charge in [-0.2, -0.15) is 0 Å². The van der Waals surface area contributed by atoms with Gasteiger partial charge in [0.05, 0.1) is 5.75 Å². The van der Waals surface area contributed by atoms with Crippen molar-refractivity contribution in [3.8, 4) is 0 Å². The zero-order valence-electron chi connectivity index (χ0n) is 11.3. The molecule has 0 bridgehead atoms. The van der Waals surface area contributed by atoms with E-state index >= 15 is 0 Å².